The van der Waals surface area contributed by atoms with E-state index in [4.69, 9.17) is 10.1 Å². The van der Waals surface area contributed by atoms with Crippen LogP contribution in [0, 0.1) is 6.92 Å². The van der Waals surface area contributed by atoms with E-state index in [1.54, 1.807) is 30.3 Å². The van der Waals surface area contributed by atoms with Gasteiger partial charge in [0, 0.05) is 0 Å². The Kier molecular flexibility index (Phi) is 4.20. The number of aryl methyl sites for hydroxylation is 1. The van der Waals surface area contributed by atoms with Crippen LogP contribution in [-0.2, 0) is 9.73 Å². The summed E-state index contributed by atoms with van der Waals surface area (Å²) >= 11 is 0. The topological polar surface area (TPSA) is 76.1 Å². The molecule has 1 aliphatic rings. The molecule has 2 aromatic carbocycles. The molecule has 0 aromatic heterocycles. The number of fused-ring (bicyclic) bond motifs is 1. The molecular formula is C17H15NO5. The van der Waals surface area contributed by atoms with Crippen LogP contribution in [0.1, 0.15) is 37.9 Å². The van der Waals surface area contributed by atoms with Crippen molar-refractivity contribution in [3.8, 4) is 0 Å². The van der Waals surface area contributed by atoms with Crippen molar-refractivity contribution in [2.75, 3.05) is 6.61 Å². The van der Waals surface area contributed by atoms with E-state index < -0.39 is 17.9 Å². The van der Waals surface area contributed by atoms with Crippen molar-refractivity contribution in [1.82, 2.24) is 5.06 Å². The fraction of sp³-hybridized carbons (Fsp3) is 0.176. The zero-order valence-corrected chi connectivity index (χ0v) is 12.4. The summed E-state index contributed by atoms with van der Waals surface area (Å²) in [6.45, 7) is 1.73. The predicted molar refractivity (Wildman–Crippen MR) is 80.5 cm³/mol. The van der Waals surface area contributed by atoms with Crippen LogP contribution in [0.3, 0.4) is 0 Å². The van der Waals surface area contributed by atoms with Crippen molar-refractivity contribution in [3.05, 3.63) is 70.8 Å². The number of carbonyl (C=O) groups excluding carboxylic acids is 2. The van der Waals surface area contributed by atoms with Crippen LogP contribution < -0.4 is 0 Å². The third-order valence-electron chi connectivity index (χ3n) is 3.65. The van der Waals surface area contributed by atoms with Gasteiger partial charge in [0.15, 0.2) is 0 Å². The Morgan fingerprint density at radius 3 is 2.26 bits per heavy atom. The summed E-state index contributed by atoms with van der Waals surface area (Å²) in [5.41, 5.74) is 2.28. The molecule has 0 saturated carbocycles. The highest BCUT2D eigenvalue weighted by Crippen LogP contribution is 2.25. The molecule has 118 valence electrons. The van der Waals surface area contributed by atoms with Crippen molar-refractivity contribution in [1.29, 1.82) is 0 Å². The van der Waals surface area contributed by atoms with Gasteiger partial charge in [-0.05, 0) is 24.6 Å². The molecule has 0 aliphatic carbocycles. The van der Waals surface area contributed by atoms with Gasteiger partial charge >= 0.3 is 0 Å². The van der Waals surface area contributed by atoms with Gasteiger partial charge in [-0.15, -0.1) is 5.06 Å². The smallest absolute Gasteiger partial charge is 0.266 e. The lowest BCUT2D eigenvalue weighted by atomic mass is 10.1. The molecule has 0 spiro atoms. The lowest BCUT2D eigenvalue weighted by Crippen LogP contribution is -2.32. The average molecular weight is 313 g/mol. The highest BCUT2D eigenvalue weighted by atomic mass is 17.1. The Bertz CT molecular complexity index is 723. The van der Waals surface area contributed by atoms with Crippen LogP contribution in [-0.4, -0.2) is 28.7 Å². The number of benzene rings is 2. The molecule has 3 rings (SSSR count). The summed E-state index contributed by atoms with van der Waals surface area (Å²) in [6.07, 6.45) is -0.806. The highest BCUT2D eigenvalue weighted by Gasteiger charge is 2.37. The second-order valence-electron chi connectivity index (χ2n) is 5.25. The standard InChI is InChI=1S/C17H15NO5/c1-11-5-4-6-12(9-11)15(23-21)10-22-18-16(19)13-7-2-3-8-14(13)17(18)20/h2-9,15,21H,10H2,1H3. The van der Waals surface area contributed by atoms with Gasteiger partial charge in [0.1, 0.15) is 12.7 Å². The van der Waals surface area contributed by atoms with E-state index >= 15 is 0 Å². The van der Waals surface area contributed by atoms with E-state index in [1.165, 1.54) is 0 Å². The van der Waals surface area contributed by atoms with E-state index in [9.17, 15) is 9.59 Å². The van der Waals surface area contributed by atoms with Crippen LogP contribution in [0.5, 0.6) is 0 Å². The zero-order valence-electron chi connectivity index (χ0n) is 12.4. The van der Waals surface area contributed by atoms with Crippen molar-refractivity contribution in [2.24, 2.45) is 0 Å². The minimum atomic E-state index is -0.806. The SMILES string of the molecule is Cc1cccc(C(CON2C(=O)c3ccccc3C2=O)OO)c1. The molecule has 6 nitrogen and oxygen atoms in total. The number of imide groups is 1. The summed E-state index contributed by atoms with van der Waals surface area (Å²) in [4.78, 5) is 34.1. The Hall–Kier alpha value is -2.54. The Morgan fingerprint density at radius 2 is 1.70 bits per heavy atom. The number of hydrogen-bond acceptors (Lipinski definition) is 5. The Morgan fingerprint density at radius 1 is 1.04 bits per heavy atom. The monoisotopic (exact) mass is 313 g/mol. The summed E-state index contributed by atoms with van der Waals surface area (Å²) in [5, 5.41) is 9.78. The van der Waals surface area contributed by atoms with E-state index in [2.05, 4.69) is 4.89 Å². The fourth-order valence-electron chi connectivity index (χ4n) is 2.48. The maximum atomic E-state index is 12.2. The van der Waals surface area contributed by atoms with Gasteiger partial charge in [0.25, 0.3) is 11.8 Å². The third kappa shape index (κ3) is 2.87. The molecule has 1 N–H and O–H groups in total. The number of hydroxylamine groups is 2. The van der Waals surface area contributed by atoms with Gasteiger partial charge in [0.05, 0.1) is 11.1 Å². The van der Waals surface area contributed by atoms with E-state index in [0.29, 0.717) is 21.8 Å². The lowest BCUT2D eigenvalue weighted by molar-refractivity contribution is -0.299. The second kappa shape index (κ2) is 6.29. The lowest BCUT2D eigenvalue weighted by Gasteiger charge is -2.18. The molecular weight excluding hydrogens is 298 g/mol. The minimum Gasteiger partial charge on any atom is -0.266 e. The van der Waals surface area contributed by atoms with Crippen LogP contribution >= 0.6 is 0 Å². The average Bonchev–Trinajstić information content (AvgIpc) is 2.81. The molecule has 1 aliphatic heterocycles. The number of rotatable bonds is 5. The molecule has 2 aromatic rings. The van der Waals surface area contributed by atoms with Crippen molar-refractivity contribution in [2.45, 2.75) is 13.0 Å². The van der Waals surface area contributed by atoms with Crippen LogP contribution in [0.4, 0.5) is 0 Å². The first-order valence-corrected chi connectivity index (χ1v) is 7.09. The molecule has 1 unspecified atom stereocenters. The molecule has 23 heavy (non-hydrogen) atoms. The van der Waals surface area contributed by atoms with Gasteiger partial charge in [-0.3, -0.25) is 19.7 Å². The summed E-state index contributed by atoms with van der Waals surface area (Å²) in [6, 6.07) is 13.8. The van der Waals surface area contributed by atoms with Crippen molar-refractivity contribution in [3.63, 3.8) is 0 Å². The highest BCUT2D eigenvalue weighted by molar-refractivity contribution is 6.20. The van der Waals surface area contributed by atoms with Crippen LogP contribution in [0.2, 0.25) is 0 Å². The van der Waals surface area contributed by atoms with Gasteiger partial charge in [-0.1, -0.05) is 42.0 Å². The summed E-state index contributed by atoms with van der Waals surface area (Å²) in [5.74, 6) is -1.04. The quantitative estimate of drug-likeness (QED) is 0.522. The van der Waals surface area contributed by atoms with Crippen molar-refractivity contribution < 1.29 is 24.6 Å². The Labute approximate surface area is 132 Å². The van der Waals surface area contributed by atoms with Crippen LogP contribution in [0.15, 0.2) is 48.5 Å². The largest absolute Gasteiger partial charge is 0.285 e. The first-order valence-electron chi connectivity index (χ1n) is 7.09. The summed E-state index contributed by atoms with van der Waals surface area (Å²) in [7, 11) is 0. The van der Waals surface area contributed by atoms with E-state index in [-0.39, 0.29) is 6.61 Å². The maximum Gasteiger partial charge on any atom is 0.285 e. The molecule has 0 saturated heterocycles. The van der Waals surface area contributed by atoms with Crippen LogP contribution in [0.25, 0.3) is 0 Å². The third-order valence-corrected chi connectivity index (χ3v) is 3.65. The second-order valence-corrected chi connectivity index (χ2v) is 5.25. The summed E-state index contributed by atoms with van der Waals surface area (Å²) < 4.78 is 0. The molecule has 0 fully saturated rings. The van der Waals surface area contributed by atoms with Gasteiger partial charge in [0.2, 0.25) is 0 Å². The van der Waals surface area contributed by atoms with E-state index in [0.717, 1.165) is 5.56 Å². The first-order chi connectivity index (χ1) is 11.1. The van der Waals surface area contributed by atoms with E-state index in [1.807, 2.05) is 25.1 Å². The molecule has 1 heterocycles. The molecule has 0 bridgehead atoms. The predicted octanol–water partition coefficient (Wildman–Crippen LogP) is 2.75. The zero-order chi connectivity index (χ0) is 16.4. The maximum absolute atomic E-state index is 12.2. The molecule has 1 atom stereocenters. The minimum absolute atomic E-state index is 0.175. The van der Waals surface area contributed by atoms with Gasteiger partial charge in [-0.25, -0.2) is 4.89 Å². The van der Waals surface area contributed by atoms with Gasteiger partial charge < -0.3 is 0 Å². The Balaban J connectivity index is 1.73. The fourth-order valence-corrected chi connectivity index (χ4v) is 2.48. The molecule has 6 heteroatoms. The first kappa shape index (κ1) is 15.4. The number of nitrogens with zero attached hydrogens (tertiary/aromatic N) is 1. The number of amides is 2. The molecule has 0 radical (unpaired) electrons. The van der Waals surface area contributed by atoms with Gasteiger partial charge in [-0.2, -0.15) is 0 Å². The molecule has 2 amide bonds. The van der Waals surface area contributed by atoms with Crippen molar-refractivity contribution >= 4 is 11.8 Å². The number of carbonyl (C=O) groups is 2. The normalized spacial score (nSPS) is 15.0. The number of hydrogen-bond donors (Lipinski definition) is 1.